The van der Waals surface area contributed by atoms with Crippen LogP contribution in [0.2, 0.25) is 0 Å². The average Bonchev–Trinajstić information content (AvgIpc) is 2.83. The summed E-state index contributed by atoms with van der Waals surface area (Å²) in [5.41, 5.74) is 3.26. The molecule has 5 rings (SSSR count). The third-order valence-electron chi connectivity index (χ3n) is 6.00. The molecule has 0 unspecified atom stereocenters. The van der Waals surface area contributed by atoms with Crippen LogP contribution in [-0.4, -0.2) is 16.0 Å². The maximum absolute atomic E-state index is 12.9. The molecular weight excluding hydrogens is 436 g/mol. The number of aromatic hydroxyl groups is 1. The Morgan fingerprint density at radius 2 is 1.63 bits per heavy atom. The second-order valence-corrected chi connectivity index (χ2v) is 9.62. The smallest absolute Gasteiger partial charge is 0.255 e. The molecule has 0 atom stereocenters. The highest BCUT2D eigenvalue weighted by molar-refractivity contribution is 6.06. The fourth-order valence-corrected chi connectivity index (χ4v) is 4.01. The minimum absolute atomic E-state index is 0.0605. The van der Waals surface area contributed by atoms with Gasteiger partial charge in [-0.15, -0.1) is 0 Å². The summed E-state index contributed by atoms with van der Waals surface area (Å²) in [5, 5.41) is 15.4. The summed E-state index contributed by atoms with van der Waals surface area (Å²) in [5.74, 6) is 1.28. The van der Waals surface area contributed by atoms with E-state index in [9.17, 15) is 9.90 Å². The van der Waals surface area contributed by atoms with Crippen molar-refractivity contribution in [1.29, 1.82) is 0 Å². The van der Waals surface area contributed by atoms with E-state index >= 15 is 0 Å². The highest BCUT2D eigenvalue weighted by Gasteiger charge is 2.14. The molecule has 5 nitrogen and oxygen atoms in total. The van der Waals surface area contributed by atoms with E-state index in [1.165, 1.54) is 5.56 Å². The van der Waals surface area contributed by atoms with Gasteiger partial charge < -0.3 is 15.2 Å². The maximum atomic E-state index is 12.9. The Morgan fingerprint density at radius 1 is 0.857 bits per heavy atom. The number of carbonyl (C=O) groups excluding carboxylic acids is 1. The molecule has 0 saturated heterocycles. The normalized spacial score (nSPS) is 11.5. The lowest BCUT2D eigenvalue weighted by atomic mass is 9.87. The number of amides is 1. The second-order valence-electron chi connectivity index (χ2n) is 9.62. The van der Waals surface area contributed by atoms with Gasteiger partial charge in [-0.05, 0) is 76.3 Å². The van der Waals surface area contributed by atoms with Gasteiger partial charge in [0.15, 0.2) is 0 Å². The lowest BCUT2D eigenvalue weighted by Gasteiger charge is -2.19. The molecule has 0 aliphatic carbocycles. The largest absolute Gasteiger partial charge is 0.508 e. The summed E-state index contributed by atoms with van der Waals surface area (Å²) in [6.07, 6.45) is 1.65. The van der Waals surface area contributed by atoms with Crippen LogP contribution in [0.4, 0.5) is 5.69 Å². The van der Waals surface area contributed by atoms with E-state index < -0.39 is 0 Å². The molecule has 174 valence electrons. The van der Waals surface area contributed by atoms with Gasteiger partial charge in [0, 0.05) is 28.9 Å². The number of phenols is 1. The zero-order valence-electron chi connectivity index (χ0n) is 19.9. The SMILES string of the molecule is CC(C)(C)c1ccc(NC(=O)c2ccc3ccc(Oc4ccnc5cc(O)ccc45)cc3c2)cc1. The summed E-state index contributed by atoms with van der Waals surface area (Å²) >= 11 is 0. The second kappa shape index (κ2) is 8.76. The fourth-order valence-electron chi connectivity index (χ4n) is 4.01. The summed E-state index contributed by atoms with van der Waals surface area (Å²) in [4.78, 5) is 17.2. The van der Waals surface area contributed by atoms with Gasteiger partial charge in [-0.1, -0.05) is 45.0 Å². The standard InChI is InChI=1S/C30H26N2O3/c1-30(2,3)22-7-9-23(10-8-22)32-29(34)20-5-4-19-6-12-25(17-21(19)16-20)35-28-14-15-31-27-18-24(33)11-13-26(27)28/h4-18,33H,1-3H3,(H,32,34). The fraction of sp³-hybridized carbons (Fsp3) is 0.133. The molecule has 1 aromatic heterocycles. The molecule has 0 aliphatic rings. The van der Waals surface area contributed by atoms with Gasteiger partial charge in [0.1, 0.15) is 17.2 Å². The first kappa shape index (κ1) is 22.4. The van der Waals surface area contributed by atoms with Gasteiger partial charge in [-0.25, -0.2) is 0 Å². The van der Waals surface area contributed by atoms with Gasteiger partial charge in [0.25, 0.3) is 5.91 Å². The monoisotopic (exact) mass is 462 g/mol. The minimum atomic E-state index is -0.165. The predicted molar refractivity (Wildman–Crippen MR) is 141 cm³/mol. The van der Waals surface area contributed by atoms with Gasteiger partial charge in [0.05, 0.1) is 5.52 Å². The summed E-state index contributed by atoms with van der Waals surface area (Å²) in [7, 11) is 0. The third kappa shape index (κ3) is 4.80. The molecule has 0 fully saturated rings. The number of benzene rings is 4. The quantitative estimate of drug-likeness (QED) is 0.291. The Bertz CT molecular complexity index is 1550. The first-order chi connectivity index (χ1) is 16.8. The van der Waals surface area contributed by atoms with Crippen molar-refractivity contribution in [3.05, 3.63) is 102 Å². The number of hydrogen-bond acceptors (Lipinski definition) is 4. The summed E-state index contributed by atoms with van der Waals surface area (Å²) < 4.78 is 6.15. The highest BCUT2D eigenvalue weighted by Crippen LogP contribution is 2.32. The molecule has 0 saturated carbocycles. The molecule has 35 heavy (non-hydrogen) atoms. The maximum Gasteiger partial charge on any atom is 0.255 e. The molecule has 0 radical (unpaired) electrons. The molecule has 0 aliphatic heterocycles. The summed E-state index contributed by atoms with van der Waals surface area (Å²) in [6.45, 7) is 6.49. The van der Waals surface area contributed by atoms with E-state index in [0.29, 0.717) is 22.6 Å². The topological polar surface area (TPSA) is 71.5 Å². The molecule has 5 heteroatoms. The first-order valence-corrected chi connectivity index (χ1v) is 11.5. The molecule has 1 amide bonds. The first-order valence-electron chi connectivity index (χ1n) is 11.5. The molecule has 0 bridgehead atoms. The number of nitrogens with one attached hydrogen (secondary N) is 1. The average molecular weight is 463 g/mol. The van der Waals surface area contributed by atoms with Crippen LogP contribution in [0.1, 0.15) is 36.7 Å². The minimum Gasteiger partial charge on any atom is -0.508 e. The molecule has 0 spiro atoms. The van der Waals surface area contributed by atoms with Crippen LogP contribution in [0, 0.1) is 0 Å². The Labute approximate surface area is 204 Å². The summed E-state index contributed by atoms with van der Waals surface area (Å²) in [6, 6.07) is 26.1. The van der Waals surface area contributed by atoms with E-state index in [-0.39, 0.29) is 17.1 Å². The number of hydrogen-bond donors (Lipinski definition) is 2. The lowest BCUT2D eigenvalue weighted by molar-refractivity contribution is 0.102. The van der Waals surface area contributed by atoms with E-state index in [4.69, 9.17) is 4.74 Å². The van der Waals surface area contributed by atoms with Crippen molar-refractivity contribution >= 4 is 33.3 Å². The molecule has 5 aromatic rings. The number of fused-ring (bicyclic) bond motifs is 2. The van der Waals surface area contributed by atoms with Crippen molar-refractivity contribution in [3.8, 4) is 17.2 Å². The van der Waals surface area contributed by atoms with E-state index in [2.05, 4.69) is 31.1 Å². The Balaban J connectivity index is 1.39. The van der Waals surface area contributed by atoms with Crippen molar-refractivity contribution < 1.29 is 14.6 Å². The number of ether oxygens (including phenoxy) is 1. The Morgan fingerprint density at radius 3 is 2.40 bits per heavy atom. The lowest BCUT2D eigenvalue weighted by Crippen LogP contribution is -2.13. The van der Waals surface area contributed by atoms with Crippen LogP contribution < -0.4 is 10.1 Å². The van der Waals surface area contributed by atoms with Crippen LogP contribution in [0.25, 0.3) is 21.7 Å². The van der Waals surface area contributed by atoms with Gasteiger partial charge in [-0.2, -0.15) is 0 Å². The number of rotatable bonds is 4. The van der Waals surface area contributed by atoms with Gasteiger partial charge in [0.2, 0.25) is 0 Å². The van der Waals surface area contributed by atoms with Crippen molar-refractivity contribution in [2.45, 2.75) is 26.2 Å². The van der Waals surface area contributed by atoms with Crippen molar-refractivity contribution in [1.82, 2.24) is 4.98 Å². The highest BCUT2D eigenvalue weighted by atomic mass is 16.5. The number of phenolic OH excluding ortho intramolecular Hbond substituents is 1. The van der Waals surface area contributed by atoms with E-state index in [0.717, 1.165) is 21.8 Å². The van der Waals surface area contributed by atoms with Gasteiger partial charge >= 0.3 is 0 Å². The predicted octanol–water partition coefficient (Wildman–Crippen LogP) is 7.44. The number of pyridine rings is 1. The molecule has 4 aromatic carbocycles. The Kier molecular flexibility index (Phi) is 5.61. The Hall–Kier alpha value is -4.38. The number of anilines is 1. The van der Waals surface area contributed by atoms with Crippen LogP contribution in [-0.2, 0) is 5.41 Å². The zero-order valence-corrected chi connectivity index (χ0v) is 19.9. The van der Waals surface area contributed by atoms with Gasteiger partial charge in [-0.3, -0.25) is 9.78 Å². The third-order valence-corrected chi connectivity index (χ3v) is 6.00. The van der Waals surface area contributed by atoms with Crippen LogP contribution in [0.15, 0.2) is 91.1 Å². The van der Waals surface area contributed by atoms with E-state index in [1.54, 1.807) is 30.5 Å². The zero-order chi connectivity index (χ0) is 24.6. The molecule has 2 N–H and O–H groups in total. The van der Waals surface area contributed by atoms with Crippen LogP contribution in [0.5, 0.6) is 17.2 Å². The van der Waals surface area contributed by atoms with Crippen LogP contribution in [0.3, 0.4) is 0 Å². The number of aromatic nitrogens is 1. The van der Waals surface area contributed by atoms with Crippen LogP contribution >= 0.6 is 0 Å². The molecular formula is C30H26N2O3. The molecule has 1 heterocycles. The van der Waals surface area contributed by atoms with Crippen molar-refractivity contribution in [2.75, 3.05) is 5.32 Å². The van der Waals surface area contributed by atoms with E-state index in [1.807, 2.05) is 60.7 Å². The number of carbonyl (C=O) groups is 1. The van der Waals surface area contributed by atoms with Crippen molar-refractivity contribution in [2.24, 2.45) is 0 Å². The number of nitrogens with zero attached hydrogens (tertiary/aromatic N) is 1. The van der Waals surface area contributed by atoms with Crippen molar-refractivity contribution in [3.63, 3.8) is 0 Å².